The van der Waals surface area contributed by atoms with Crippen molar-refractivity contribution in [1.29, 1.82) is 0 Å². The summed E-state index contributed by atoms with van der Waals surface area (Å²) >= 11 is 0. The normalized spacial score (nSPS) is 11.2. The van der Waals surface area contributed by atoms with Crippen LogP contribution in [0.4, 0.5) is 0 Å². The molecule has 1 aromatic heterocycles. The molecule has 0 bridgehead atoms. The van der Waals surface area contributed by atoms with Gasteiger partial charge in [0.1, 0.15) is 18.7 Å². The van der Waals surface area contributed by atoms with E-state index < -0.39 is 0 Å². The summed E-state index contributed by atoms with van der Waals surface area (Å²) in [7, 11) is 0. The number of benzene rings is 3. The van der Waals surface area contributed by atoms with E-state index in [0.717, 1.165) is 22.6 Å². The molecule has 0 radical (unpaired) electrons. The number of amides is 1. The van der Waals surface area contributed by atoms with Crippen LogP contribution in [0.2, 0.25) is 0 Å². The Morgan fingerprint density at radius 2 is 1.81 bits per heavy atom. The maximum absolute atomic E-state index is 12.4. The third-order valence-electron chi connectivity index (χ3n) is 4.57. The number of ether oxygens (including phenoxy) is 1. The molecule has 1 heterocycles. The van der Waals surface area contributed by atoms with Crippen LogP contribution in [-0.2, 0) is 6.61 Å². The lowest BCUT2D eigenvalue weighted by atomic mass is 10.1. The van der Waals surface area contributed by atoms with Gasteiger partial charge in [-0.05, 0) is 64.9 Å². The van der Waals surface area contributed by atoms with Crippen LogP contribution >= 0.6 is 0 Å². The zero-order chi connectivity index (χ0) is 21.5. The molecule has 3 aromatic carbocycles. The minimum Gasteiger partial charge on any atom is -0.489 e. The molecule has 0 saturated heterocycles. The zero-order valence-electron chi connectivity index (χ0n) is 16.8. The largest absolute Gasteiger partial charge is 0.489 e. The zero-order valence-corrected chi connectivity index (χ0v) is 16.8. The molecule has 0 fully saturated rings. The summed E-state index contributed by atoms with van der Waals surface area (Å²) in [6.45, 7) is 2.25. The topological polar surface area (TPSA) is 94.3 Å². The fourth-order valence-corrected chi connectivity index (χ4v) is 2.85. The Morgan fingerprint density at radius 3 is 2.55 bits per heavy atom. The predicted octanol–water partition coefficient (Wildman–Crippen LogP) is 3.40. The van der Waals surface area contributed by atoms with Gasteiger partial charge in [-0.15, -0.1) is 5.10 Å². The van der Waals surface area contributed by atoms with Gasteiger partial charge < -0.3 is 4.74 Å². The number of hydrogen-bond acceptors (Lipinski definition) is 6. The van der Waals surface area contributed by atoms with E-state index in [1.54, 1.807) is 16.8 Å². The molecule has 4 aromatic rings. The number of rotatable bonds is 7. The van der Waals surface area contributed by atoms with Crippen molar-refractivity contribution in [3.05, 3.63) is 102 Å². The molecule has 0 aliphatic heterocycles. The second-order valence-electron chi connectivity index (χ2n) is 6.74. The lowest BCUT2D eigenvalue weighted by Crippen LogP contribution is -2.19. The molecular formula is C23H20N6O2. The van der Waals surface area contributed by atoms with Gasteiger partial charge in [-0.2, -0.15) is 5.10 Å². The van der Waals surface area contributed by atoms with E-state index >= 15 is 0 Å². The summed E-state index contributed by atoms with van der Waals surface area (Å²) in [5, 5.41) is 15.4. The van der Waals surface area contributed by atoms with Gasteiger partial charge in [0.05, 0.1) is 11.4 Å². The van der Waals surface area contributed by atoms with Crippen LogP contribution < -0.4 is 10.2 Å². The molecular weight excluding hydrogens is 392 g/mol. The first-order chi connectivity index (χ1) is 15.2. The molecule has 0 aliphatic carbocycles. The Hall–Kier alpha value is -4.33. The highest BCUT2D eigenvalue weighted by Crippen LogP contribution is 2.13. The van der Waals surface area contributed by atoms with Crippen LogP contribution in [0.3, 0.4) is 0 Å². The maximum Gasteiger partial charge on any atom is 0.271 e. The van der Waals surface area contributed by atoms with E-state index in [1.165, 1.54) is 6.33 Å². The summed E-state index contributed by atoms with van der Waals surface area (Å²) < 4.78 is 7.27. The Kier molecular flexibility index (Phi) is 6.08. The summed E-state index contributed by atoms with van der Waals surface area (Å²) in [5.74, 6) is 0.518. The van der Waals surface area contributed by atoms with Crippen LogP contribution in [0.25, 0.3) is 5.69 Å². The number of tetrazole rings is 1. The molecule has 1 N–H and O–H groups in total. The molecule has 8 nitrogen and oxygen atoms in total. The predicted molar refractivity (Wildman–Crippen MR) is 116 cm³/mol. The first-order valence-electron chi connectivity index (χ1n) is 9.64. The van der Waals surface area contributed by atoms with Gasteiger partial charge in [0.2, 0.25) is 0 Å². The highest BCUT2D eigenvalue weighted by molar-refractivity contribution is 6.01. The summed E-state index contributed by atoms with van der Waals surface area (Å²) in [5.41, 5.74) is 6.40. The smallest absolute Gasteiger partial charge is 0.271 e. The molecule has 0 unspecified atom stereocenters. The number of hydrogen-bond donors (Lipinski definition) is 1. The maximum atomic E-state index is 12.4. The second kappa shape index (κ2) is 9.45. The van der Waals surface area contributed by atoms with E-state index in [2.05, 4.69) is 26.1 Å². The standard InChI is InChI=1S/C23H20N6O2/c1-17(20-6-5-7-21(14-20)29-16-24-27-28-29)25-26-23(30)19-12-10-18(11-13-19)15-31-22-8-3-2-4-9-22/h2-14,16H,15H2,1H3,(H,26,30)/b25-17-. The van der Waals surface area contributed by atoms with Gasteiger partial charge in [-0.3, -0.25) is 4.79 Å². The van der Waals surface area contributed by atoms with E-state index in [1.807, 2.05) is 73.7 Å². The van der Waals surface area contributed by atoms with Gasteiger partial charge in [-0.1, -0.05) is 42.5 Å². The minimum atomic E-state index is -0.286. The molecule has 0 aliphatic rings. The Labute approximate surface area is 179 Å². The molecule has 0 atom stereocenters. The monoisotopic (exact) mass is 412 g/mol. The van der Waals surface area contributed by atoms with Crippen molar-refractivity contribution in [2.24, 2.45) is 5.10 Å². The average Bonchev–Trinajstić information content (AvgIpc) is 3.37. The quantitative estimate of drug-likeness (QED) is 0.371. The van der Waals surface area contributed by atoms with Crippen molar-refractivity contribution in [2.45, 2.75) is 13.5 Å². The summed E-state index contributed by atoms with van der Waals surface area (Å²) in [6, 6.07) is 24.4. The Balaban J connectivity index is 1.36. The number of nitrogens with one attached hydrogen (secondary N) is 1. The molecule has 154 valence electrons. The van der Waals surface area contributed by atoms with Crippen molar-refractivity contribution in [1.82, 2.24) is 25.6 Å². The van der Waals surface area contributed by atoms with E-state index in [9.17, 15) is 4.79 Å². The lowest BCUT2D eigenvalue weighted by Gasteiger charge is -2.07. The number of hydrazone groups is 1. The van der Waals surface area contributed by atoms with Crippen molar-refractivity contribution in [3.8, 4) is 11.4 Å². The van der Waals surface area contributed by atoms with Gasteiger partial charge >= 0.3 is 0 Å². The molecule has 4 rings (SSSR count). The fourth-order valence-electron chi connectivity index (χ4n) is 2.85. The number of carbonyl (C=O) groups excluding carboxylic acids is 1. The lowest BCUT2D eigenvalue weighted by molar-refractivity contribution is 0.0955. The molecule has 8 heteroatoms. The van der Waals surface area contributed by atoms with Crippen LogP contribution in [-0.4, -0.2) is 31.8 Å². The van der Waals surface area contributed by atoms with Crippen molar-refractivity contribution < 1.29 is 9.53 Å². The number of carbonyl (C=O) groups is 1. The number of nitrogens with zero attached hydrogens (tertiary/aromatic N) is 5. The van der Waals surface area contributed by atoms with Gasteiger partial charge in [0, 0.05) is 5.56 Å². The SMILES string of the molecule is C/C(=N/NC(=O)c1ccc(COc2ccccc2)cc1)c1cccc(-n2cnnn2)c1. The molecule has 1 amide bonds. The van der Waals surface area contributed by atoms with Gasteiger partial charge in [0.25, 0.3) is 5.91 Å². The first-order valence-corrected chi connectivity index (χ1v) is 9.64. The Morgan fingerprint density at radius 1 is 1.00 bits per heavy atom. The van der Waals surface area contributed by atoms with Crippen LogP contribution in [0.5, 0.6) is 5.75 Å². The summed E-state index contributed by atoms with van der Waals surface area (Å²) in [4.78, 5) is 12.4. The third kappa shape index (κ3) is 5.18. The van der Waals surface area contributed by atoms with E-state index in [-0.39, 0.29) is 5.91 Å². The number of para-hydroxylation sites is 1. The van der Waals surface area contributed by atoms with Crippen molar-refractivity contribution in [3.63, 3.8) is 0 Å². The second-order valence-corrected chi connectivity index (χ2v) is 6.74. The first kappa shape index (κ1) is 20.0. The highest BCUT2D eigenvalue weighted by Gasteiger charge is 2.07. The van der Waals surface area contributed by atoms with Crippen LogP contribution in [0.15, 0.2) is 90.3 Å². The van der Waals surface area contributed by atoms with Crippen LogP contribution in [0.1, 0.15) is 28.4 Å². The van der Waals surface area contributed by atoms with Crippen LogP contribution in [0, 0.1) is 0 Å². The summed E-state index contributed by atoms with van der Waals surface area (Å²) in [6.07, 6.45) is 1.52. The van der Waals surface area contributed by atoms with Gasteiger partial charge in [0.15, 0.2) is 0 Å². The van der Waals surface area contributed by atoms with Crippen molar-refractivity contribution in [2.75, 3.05) is 0 Å². The molecule has 0 spiro atoms. The van der Waals surface area contributed by atoms with E-state index in [0.29, 0.717) is 17.9 Å². The van der Waals surface area contributed by atoms with Gasteiger partial charge in [-0.25, -0.2) is 10.1 Å². The van der Waals surface area contributed by atoms with E-state index in [4.69, 9.17) is 4.74 Å². The Bertz CT molecular complexity index is 1170. The third-order valence-corrected chi connectivity index (χ3v) is 4.57. The fraction of sp³-hybridized carbons (Fsp3) is 0.0870. The van der Waals surface area contributed by atoms with Crippen molar-refractivity contribution >= 4 is 11.6 Å². The highest BCUT2D eigenvalue weighted by atomic mass is 16.5. The molecule has 31 heavy (non-hydrogen) atoms. The molecule has 0 saturated carbocycles. The average molecular weight is 412 g/mol. The number of aromatic nitrogens is 4. The minimum absolute atomic E-state index is 0.286.